The van der Waals surface area contributed by atoms with Gasteiger partial charge in [-0.1, -0.05) is 6.42 Å². The van der Waals surface area contributed by atoms with Crippen molar-refractivity contribution in [2.24, 2.45) is 11.8 Å². The molecule has 0 aromatic heterocycles. The van der Waals surface area contributed by atoms with Gasteiger partial charge in [-0.2, -0.15) is 13.2 Å². The minimum absolute atomic E-state index is 0.0603. The molecule has 0 spiro atoms. The van der Waals surface area contributed by atoms with Gasteiger partial charge in [-0.3, -0.25) is 4.79 Å². The molecule has 2 atom stereocenters. The zero-order chi connectivity index (χ0) is 16.9. The number of carbonyl (C=O) groups is 1. The summed E-state index contributed by atoms with van der Waals surface area (Å²) in [6, 6.07) is 0. The monoisotopic (exact) mass is 337 g/mol. The first kappa shape index (κ1) is 18.5. The van der Waals surface area contributed by atoms with Gasteiger partial charge in [0.25, 0.3) is 0 Å². The highest BCUT2D eigenvalue weighted by molar-refractivity contribution is 5.79. The maximum Gasteiger partial charge on any atom is 0.391 e. The zero-order valence-electron chi connectivity index (χ0n) is 13.4. The molecule has 2 rings (SSSR count). The van der Waals surface area contributed by atoms with Crippen molar-refractivity contribution >= 4 is 5.91 Å². The van der Waals surface area contributed by atoms with Crippen molar-refractivity contribution in [3.63, 3.8) is 0 Å². The Morgan fingerprint density at radius 1 is 1.17 bits per heavy atom. The lowest BCUT2D eigenvalue weighted by Crippen LogP contribution is -2.45. The van der Waals surface area contributed by atoms with Crippen molar-refractivity contribution < 1.29 is 27.8 Å². The molecule has 1 aliphatic carbocycles. The van der Waals surface area contributed by atoms with Crippen LogP contribution in [-0.4, -0.2) is 54.5 Å². The van der Waals surface area contributed by atoms with E-state index in [0.717, 1.165) is 0 Å². The van der Waals surface area contributed by atoms with E-state index in [1.165, 1.54) is 0 Å². The summed E-state index contributed by atoms with van der Waals surface area (Å²) in [6.45, 7) is 1.70. The molecule has 0 aromatic rings. The van der Waals surface area contributed by atoms with E-state index in [2.05, 4.69) is 0 Å². The first-order valence-electron chi connectivity index (χ1n) is 8.49. The Morgan fingerprint density at radius 3 is 2.48 bits per heavy atom. The van der Waals surface area contributed by atoms with Crippen molar-refractivity contribution in [2.45, 2.75) is 57.2 Å². The lowest BCUT2D eigenvalue weighted by Gasteiger charge is -2.37. The van der Waals surface area contributed by atoms with Crippen LogP contribution in [0.15, 0.2) is 0 Å². The molecule has 1 amide bonds. The van der Waals surface area contributed by atoms with Crippen LogP contribution in [0.5, 0.6) is 0 Å². The number of hydrogen-bond acceptors (Lipinski definition) is 3. The van der Waals surface area contributed by atoms with E-state index in [9.17, 15) is 18.0 Å². The molecule has 0 bridgehead atoms. The number of aliphatic hydroxyl groups is 1. The second-order valence-electron chi connectivity index (χ2n) is 6.57. The normalized spacial score (nSPS) is 27.2. The molecule has 0 radical (unpaired) electrons. The SMILES string of the molecule is O=C(C1CCCC(C(F)(F)F)C1)N1CCC(OCCCO)CC1. The third-order valence-electron chi connectivity index (χ3n) is 4.90. The number of ether oxygens (including phenoxy) is 1. The second kappa shape index (κ2) is 8.33. The van der Waals surface area contributed by atoms with Crippen molar-refractivity contribution in [2.75, 3.05) is 26.3 Å². The standard InChI is InChI=1S/C16H26F3NO3/c17-16(18,19)13-4-1-3-12(11-13)15(22)20-7-5-14(6-8-20)23-10-2-9-21/h12-14,21H,1-11H2. The average molecular weight is 337 g/mol. The minimum Gasteiger partial charge on any atom is -0.396 e. The summed E-state index contributed by atoms with van der Waals surface area (Å²) >= 11 is 0. The molecule has 2 aliphatic rings. The van der Waals surface area contributed by atoms with E-state index in [-0.39, 0.29) is 31.5 Å². The fourth-order valence-electron chi connectivity index (χ4n) is 3.53. The van der Waals surface area contributed by atoms with Gasteiger partial charge in [0.1, 0.15) is 0 Å². The Hall–Kier alpha value is -0.820. The van der Waals surface area contributed by atoms with Crippen LogP contribution in [0.25, 0.3) is 0 Å². The Kier molecular flexibility index (Phi) is 6.71. The largest absolute Gasteiger partial charge is 0.396 e. The van der Waals surface area contributed by atoms with Crippen LogP contribution in [0.2, 0.25) is 0 Å². The van der Waals surface area contributed by atoms with Gasteiger partial charge >= 0.3 is 6.18 Å². The molecule has 2 fully saturated rings. The van der Waals surface area contributed by atoms with Gasteiger partial charge in [-0.25, -0.2) is 0 Å². The fourth-order valence-corrected chi connectivity index (χ4v) is 3.53. The highest BCUT2D eigenvalue weighted by atomic mass is 19.4. The van der Waals surface area contributed by atoms with E-state index in [4.69, 9.17) is 9.84 Å². The van der Waals surface area contributed by atoms with Crippen LogP contribution < -0.4 is 0 Å². The van der Waals surface area contributed by atoms with E-state index < -0.39 is 18.0 Å². The number of piperidine rings is 1. The number of alkyl halides is 3. The molecule has 7 heteroatoms. The number of rotatable bonds is 5. The van der Waals surface area contributed by atoms with Gasteiger partial charge < -0.3 is 14.7 Å². The van der Waals surface area contributed by atoms with Gasteiger partial charge in [0.15, 0.2) is 0 Å². The summed E-state index contributed by atoms with van der Waals surface area (Å²) in [7, 11) is 0. The molecule has 4 nitrogen and oxygen atoms in total. The number of halogens is 3. The van der Waals surface area contributed by atoms with Crippen LogP contribution in [0, 0.1) is 11.8 Å². The zero-order valence-corrected chi connectivity index (χ0v) is 13.4. The highest BCUT2D eigenvalue weighted by Crippen LogP contribution is 2.40. The highest BCUT2D eigenvalue weighted by Gasteiger charge is 2.44. The summed E-state index contributed by atoms with van der Waals surface area (Å²) < 4.78 is 44.2. The Balaban J connectivity index is 1.78. The maximum atomic E-state index is 12.9. The third-order valence-corrected chi connectivity index (χ3v) is 4.90. The van der Waals surface area contributed by atoms with Crippen molar-refractivity contribution in [1.82, 2.24) is 4.90 Å². The number of hydrogen-bond donors (Lipinski definition) is 1. The predicted octanol–water partition coefficient (Wildman–Crippen LogP) is 2.75. The third kappa shape index (κ3) is 5.35. The molecular weight excluding hydrogens is 311 g/mol. The van der Waals surface area contributed by atoms with Crippen LogP contribution in [-0.2, 0) is 9.53 Å². The molecule has 1 saturated carbocycles. The summed E-state index contributed by atoms with van der Waals surface area (Å²) in [5, 5.41) is 8.72. The smallest absolute Gasteiger partial charge is 0.391 e. The first-order valence-corrected chi connectivity index (χ1v) is 8.49. The van der Waals surface area contributed by atoms with Crippen LogP contribution >= 0.6 is 0 Å². The lowest BCUT2D eigenvalue weighted by molar-refractivity contribution is -0.187. The fraction of sp³-hybridized carbons (Fsp3) is 0.938. The molecule has 1 saturated heterocycles. The quantitative estimate of drug-likeness (QED) is 0.785. The molecule has 1 aliphatic heterocycles. The molecule has 2 unspecified atom stereocenters. The number of amides is 1. The van der Waals surface area contributed by atoms with Gasteiger partial charge in [0.05, 0.1) is 12.0 Å². The Bertz CT molecular complexity index is 381. The first-order chi connectivity index (χ1) is 10.9. The van der Waals surface area contributed by atoms with Crippen LogP contribution in [0.1, 0.15) is 44.9 Å². The predicted molar refractivity (Wildman–Crippen MR) is 78.8 cm³/mol. The average Bonchev–Trinajstić information content (AvgIpc) is 2.54. The molecule has 23 heavy (non-hydrogen) atoms. The number of likely N-dealkylation sites (tertiary alicyclic amines) is 1. The van der Waals surface area contributed by atoms with Gasteiger partial charge in [-0.15, -0.1) is 0 Å². The van der Waals surface area contributed by atoms with Crippen molar-refractivity contribution in [3.05, 3.63) is 0 Å². The molecule has 1 heterocycles. The topological polar surface area (TPSA) is 49.8 Å². The summed E-state index contributed by atoms with van der Waals surface area (Å²) in [6.07, 6.45) is -0.950. The van der Waals surface area contributed by atoms with Crippen LogP contribution in [0.4, 0.5) is 13.2 Å². The number of nitrogens with zero attached hydrogens (tertiary/aromatic N) is 1. The van der Waals surface area contributed by atoms with Gasteiger partial charge in [0.2, 0.25) is 5.91 Å². The Labute approximate surface area is 135 Å². The second-order valence-corrected chi connectivity index (χ2v) is 6.57. The number of aliphatic hydroxyl groups excluding tert-OH is 1. The molecular formula is C16H26F3NO3. The van der Waals surface area contributed by atoms with Gasteiger partial charge in [-0.05, 0) is 38.5 Å². The van der Waals surface area contributed by atoms with E-state index in [0.29, 0.717) is 51.8 Å². The molecule has 0 aromatic carbocycles. The summed E-state index contributed by atoms with van der Waals surface area (Å²) in [5.41, 5.74) is 0. The van der Waals surface area contributed by atoms with Crippen LogP contribution in [0.3, 0.4) is 0 Å². The number of carbonyl (C=O) groups excluding carboxylic acids is 1. The summed E-state index contributed by atoms with van der Waals surface area (Å²) in [4.78, 5) is 14.2. The van der Waals surface area contributed by atoms with E-state index in [1.54, 1.807) is 4.90 Å². The van der Waals surface area contributed by atoms with E-state index in [1.807, 2.05) is 0 Å². The van der Waals surface area contributed by atoms with Crippen molar-refractivity contribution in [1.29, 1.82) is 0 Å². The van der Waals surface area contributed by atoms with E-state index >= 15 is 0 Å². The molecule has 1 N–H and O–H groups in total. The molecule has 134 valence electrons. The lowest BCUT2D eigenvalue weighted by atomic mass is 9.80. The maximum absolute atomic E-state index is 12.9. The minimum atomic E-state index is -4.19. The Morgan fingerprint density at radius 2 is 1.87 bits per heavy atom. The van der Waals surface area contributed by atoms with Gasteiger partial charge in [0, 0.05) is 32.2 Å². The van der Waals surface area contributed by atoms with Crippen molar-refractivity contribution in [3.8, 4) is 0 Å². The summed E-state index contributed by atoms with van der Waals surface area (Å²) in [5.74, 6) is -1.93.